The summed E-state index contributed by atoms with van der Waals surface area (Å²) in [7, 11) is 0. The van der Waals surface area contributed by atoms with Gasteiger partial charge in [0.25, 0.3) is 0 Å². The minimum atomic E-state index is -0.299. The molecule has 72 valence electrons. The summed E-state index contributed by atoms with van der Waals surface area (Å²) in [5.41, 5.74) is 0. The Morgan fingerprint density at radius 3 is 2.93 bits per heavy atom. The second-order valence-electron chi connectivity index (χ2n) is 2.82. The van der Waals surface area contributed by atoms with Gasteiger partial charge in [-0.3, -0.25) is 4.79 Å². The number of benzene rings is 1. The van der Waals surface area contributed by atoms with E-state index in [-0.39, 0.29) is 17.5 Å². The molecule has 0 spiro atoms. The van der Waals surface area contributed by atoms with Crippen LogP contribution in [-0.2, 0) is 0 Å². The highest BCUT2D eigenvalue weighted by Gasteiger charge is 2.10. The van der Waals surface area contributed by atoms with Gasteiger partial charge in [-0.25, -0.2) is 4.39 Å². The van der Waals surface area contributed by atoms with Gasteiger partial charge in [0, 0.05) is 10.1 Å². The van der Waals surface area contributed by atoms with Gasteiger partial charge in [-0.1, -0.05) is 6.07 Å². The van der Waals surface area contributed by atoms with Crippen LogP contribution in [0.25, 0.3) is 10.1 Å². The van der Waals surface area contributed by atoms with Gasteiger partial charge in [-0.2, -0.15) is 0 Å². The van der Waals surface area contributed by atoms with E-state index in [9.17, 15) is 9.18 Å². The molecule has 0 N–H and O–H groups in total. The second-order valence-corrected chi connectivity index (χ2v) is 4.17. The number of thiophene rings is 1. The van der Waals surface area contributed by atoms with Crippen molar-refractivity contribution in [3.8, 4) is 0 Å². The van der Waals surface area contributed by atoms with Crippen LogP contribution in [0.5, 0.6) is 0 Å². The molecule has 14 heavy (non-hydrogen) atoms. The molecule has 0 unspecified atom stereocenters. The van der Waals surface area contributed by atoms with Gasteiger partial charge in [0.15, 0.2) is 5.78 Å². The number of carbonyl (C=O) groups is 1. The summed E-state index contributed by atoms with van der Waals surface area (Å²) >= 11 is 6.69. The molecule has 0 saturated carbocycles. The average Bonchev–Trinajstić information content (AvgIpc) is 2.62. The van der Waals surface area contributed by atoms with Gasteiger partial charge in [-0.15, -0.1) is 22.9 Å². The number of halogens is 2. The molecule has 1 nitrogen and oxygen atoms in total. The number of rotatable bonds is 2. The highest BCUT2D eigenvalue weighted by Crippen LogP contribution is 2.27. The highest BCUT2D eigenvalue weighted by atomic mass is 35.5. The van der Waals surface area contributed by atoms with E-state index in [1.54, 1.807) is 18.2 Å². The molecule has 0 aliphatic heterocycles. The fourth-order valence-corrected chi connectivity index (χ4v) is 2.46. The third-order valence-electron chi connectivity index (χ3n) is 1.90. The molecule has 0 amide bonds. The number of ketones is 1. The Hall–Kier alpha value is -0.930. The van der Waals surface area contributed by atoms with Crippen molar-refractivity contribution < 1.29 is 9.18 Å². The predicted molar refractivity (Wildman–Crippen MR) is 56.8 cm³/mol. The zero-order valence-electron chi connectivity index (χ0n) is 7.09. The van der Waals surface area contributed by atoms with Gasteiger partial charge < -0.3 is 0 Å². The molecule has 0 radical (unpaired) electrons. The number of hydrogen-bond acceptors (Lipinski definition) is 2. The minimum Gasteiger partial charge on any atom is -0.292 e. The first kappa shape index (κ1) is 9.62. The van der Waals surface area contributed by atoms with Crippen molar-refractivity contribution in [3.05, 3.63) is 35.0 Å². The van der Waals surface area contributed by atoms with Crippen LogP contribution in [0.2, 0.25) is 0 Å². The first-order chi connectivity index (χ1) is 6.72. The third-order valence-corrected chi connectivity index (χ3v) is 3.29. The normalized spacial score (nSPS) is 10.7. The highest BCUT2D eigenvalue weighted by molar-refractivity contribution is 7.20. The lowest BCUT2D eigenvalue weighted by molar-refractivity contribution is 0.102. The van der Waals surface area contributed by atoms with Crippen LogP contribution in [-0.4, -0.2) is 11.7 Å². The summed E-state index contributed by atoms with van der Waals surface area (Å²) in [5, 5.41) is 0.492. The van der Waals surface area contributed by atoms with Crippen molar-refractivity contribution in [2.24, 2.45) is 0 Å². The molecular weight excluding hydrogens is 223 g/mol. The van der Waals surface area contributed by atoms with E-state index in [0.29, 0.717) is 10.3 Å². The quantitative estimate of drug-likeness (QED) is 0.568. The van der Waals surface area contributed by atoms with Crippen LogP contribution in [0, 0.1) is 5.82 Å². The van der Waals surface area contributed by atoms with Crippen LogP contribution < -0.4 is 0 Å². The van der Waals surface area contributed by atoms with Gasteiger partial charge in [-0.05, 0) is 18.2 Å². The Labute approximate surface area is 89.1 Å². The lowest BCUT2D eigenvalue weighted by Gasteiger charge is -1.87. The molecule has 2 rings (SSSR count). The zero-order valence-corrected chi connectivity index (χ0v) is 8.66. The summed E-state index contributed by atoms with van der Waals surface area (Å²) in [6.45, 7) is 0. The van der Waals surface area contributed by atoms with E-state index >= 15 is 0 Å². The molecule has 0 aliphatic rings. The van der Waals surface area contributed by atoms with Gasteiger partial charge in [0.1, 0.15) is 5.82 Å². The lowest BCUT2D eigenvalue weighted by atomic mass is 10.2. The van der Waals surface area contributed by atoms with Crippen LogP contribution in [0.3, 0.4) is 0 Å². The Morgan fingerprint density at radius 2 is 2.29 bits per heavy atom. The number of alkyl halides is 1. The molecule has 1 heterocycles. The lowest BCUT2D eigenvalue weighted by Crippen LogP contribution is -1.95. The van der Waals surface area contributed by atoms with Crippen LogP contribution in [0.1, 0.15) is 9.67 Å². The fourth-order valence-electron chi connectivity index (χ4n) is 1.23. The van der Waals surface area contributed by atoms with E-state index in [1.165, 1.54) is 17.4 Å². The maximum atomic E-state index is 13.2. The maximum absolute atomic E-state index is 13.2. The summed E-state index contributed by atoms with van der Waals surface area (Å²) in [6, 6.07) is 6.35. The standard InChI is InChI=1S/C10H6ClFOS/c11-5-8(13)10-4-6-7(12)2-1-3-9(6)14-10/h1-4H,5H2. The number of hydrogen-bond donors (Lipinski definition) is 0. The molecular formula is C10H6ClFOS. The van der Waals surface area contributed by atoms with E-state index in [4.69, 9.17) is 11.6 Å². The molecule has 1 aromatic carbocycles. The van der Waals surface area contributed by atoms with Crippen molar-refractivity contribution >= 4 is 38.8 Å². The fraction of sp³-hybridized carbons (Fsp3) is 0.100. The number of Topliss-reactive ketones (excluding diaryl/α,β-unsaturated/α-hetero) is 1. The SMILES string of the molecule is O=C(CCl)c1cc2c(F)cccc2s1. The molecule has 0 fully saturated rings. The van der Waals surface area contributed by atoms with Crippen LogP contribution >= 0.6 is 22.9 Å². The van der Waals surface area contributed by atoms with Crippen LogP contribution in [0.4, 0.5) is 4.39 Å². The van der Waals surface area contributed by atoms with E-state index < -0.39 is 0 Å². The summed E-state index contributed by atoms with van der Waals surface area (Å²) < 4.78 is 14.0. The molecule has 0 atom stereocenters. The second kappa shape index (κ2) is 3.67. The molecule has 4 heteroatoms. The van der Waals surface area contributed by atoms with Crippen molar-refractivity contribution in [1.82, 2.24) is 0 Å². The monoisotopic (exact) mass is 228 g/mol. The number of carbonyl (C=O) groups excluding carboxylic acids is 1. The van der Waals surface area contributed by atoms with Crippen molar-refractivity contribution in [1.29, 1.82) is 0 Å². The Kier molecular flexibility index (Phi) is 2.52. The maximum Gasteiger partial charge on any atom is 0.187 e. The van der Waals surface area contributed by atoms with Gasteiger partial charge in [0.2, 0.25) is 0 Å². The Morgan fingerprint density at radius 1 is 1.50 bits per heavy atom. The molecule has 2 aromatic rings. The zero-order chi connectivity index (χ0) is 10.1. The first-order valence-electron chi connectivity index (χ1n) is 3.99. The van der Waals surface area contributed by atoms with Gasteiger partial charge in [0.05, 0.1) is 10.8 Å². The van der Waals surface area contributed by atoms with Crippen molar-refractivity contribution in [2.75, 3.05) is 5.88 Å². The van der Waals surface area contributed by atoms with Crippen molar-refractivity contribution in [2.45, 2.75) is 0 Å². The molecule has 1 aromatic heterocycles. The van der Waals surface area contributed by atoms with Crippen LogP contribution in [0.15, 0.2) is 24.3 Å². The molecule has 0 bridgehead atoms. The Bertz CT molecular complexity index is 492. The summed E-state index contributed by atoms with van der Waals surface area (Å²) in [6.07, 6.45) is 0. The van der Waals surface area contributed by atoms with E-state index in [1.807, 2.05) is 0 Å². The minimum absolute atomic E-state index is 0.0611. The van der Waals surface area contributed by atoms with Crippen molar-refractivity contribution in [3.63, 3.8) is 0 Å². The first-order valence-corrected chi connectivity index (χ1v) is 5.34. The molecule has 0 saturated heterocycles. The average molecular weight is 229 g/mol. The van der Waals surface area contributed by atoms with E-state index in [0.717, 1.165) is 4.70 Å². The Balaban J connectivity index is 2.62. The number of fused-ring (bicyclic) bond motifs is 1. The summed E-state index contributed by atoms with van der Waals surface area (Å²) in [5.74, 6) is -0.520. The topological polar surface area (TPSA) is 17.1 Å². The van der Waals surface area contributed by atoms with E-state index in [2.05, 4.69) is 0 Å². The van der Waals surface area contributed by atoms with Gasteiger partial charge >= 0.3 is 0 Å². The smallest absolute Gasteiger partial charge is 0.187 e. The third kappa shape index (κ3) is 1.53. The molecule has 0 aliphatic carbocycles. The summed E-state index contributed by atoms with van der Waals surface area (Å²) in [4.78, 5) is 11.8. The predicted octanol–water partition coefficient (Wildman–Crippen LogP) is 3.46. The largest absolute Gasteiger partial charge is 0.292 e.